The number of benzene rings is 1. The Labute approximate surface area is 139 Å². The number of furan rings is 1. The van der Waals surface area contributed by atoms with E-state index in [1.807, 2.05) is 36.7 Å². The second-order valence-electron chi connectivity index (χ2n) is 5.50. The maximum absolute atomic E-state index is 12.0. The van der Waals surface area contributed by atoms with Crippen LogP contribution in [0.3, 0.4) is 0 Å². The van der Waals surface area contributed by atoms with E-state index >= 15 is 0 Å². The summed E-state index contributed by atoms with van der Waals surface area (Å²) in [6.07, 6.45) is 3.00. The van der Waals surface area contributed by atoms with Crippen LogP contribution in [-0.2, 0) is 6.54 Å². The Hall–Kier alpha value is -3.15. The zero-order valence-corrected chi connectivity index (χ0v) is 13.6. The number of rotatable bonds is 5. The first kappa shape index (κ1) is 15.7. The van der Waals surface area contributed by atoms with Crippen LogP contribution in [-0.4, -0.2) is 21.9 Å². The molecule has 1 aromatic carbocycles. The zero-order chi connectivity index (χ0) is 16.9. The van der Waals surface area contributed by atoms with Gasteiger partial charge in [0, 0.05) is 11.3 Å². The van der Waals surface area contributed by atoms with E-state index in [0.717, 1.165) is 17.0 Å². The van der Waals surface area contributed by atoms with E-state index in [2.05, 4.69) is 15.6 Å². The van der Waals surface area contributed by atoms with Gasteiger partial charge in [0.05, 0.1) is 24.7 Å². The highest BCUT2D eigenvalue weighted by Crippen LogP contribution is 2.09. The van der Waals surface area contributed by atoms with Gasteiger partial charge in [-0.25, -0.2) is 5.43 Å². The van der Waals surface area contributed by atoms with Crippen molar-refractivity contribution in [2.45, 2.75) is 20.4 Å². The van der Waals surface area contributed by atoms with Crippen molar-refractivity contribution >= 4 is 12.1 Å². The molecule has 0 saturated heterocycles. The van der Waals surface area contributed by atoms with E-state index in [0.29, 0.717) is 17.9 Å². The van der Waals surface area contributed by atoms with Crippen LogP contribution < -0.4 is 5.43 Å². The molecule has 0 saturated carbocycles. The van der Waals surface area contributed by atoms with E-state index in [-0.39, 0.29) is 5.91 Å². The predicted octanol–water partition coefficient (Wildman–Crippen LogP) is 2.91. The Morgan fingerprint density at radius 2 is 2.08 bits per heavy atom. The third-order valence-corrected chi connectivity index (χ3v) is 3.55. The van der Waals surface area contributed by atoms with E-state index in [1.54, 1.807) is 30.5 Å². The number of hydrogen-bond acceptors (Lipinski definition) is 4. The summed E-state index contributed by atoms with van der Waals surface area (Å²) in [7, 11) is 0. The minimum Gasteiger partial charge on any atom is -0.463 e. The molecular weight excluding hydrogens is 304 g/mol. The molecule has 0 unspecified atom stereocenters. The van der Waals surface area contributed by atoms with Crippen molar-refractivity contribution in [3.8, 4) is 0 Å². The number of hydrogen-bond donors (Lipinski definition) is 1. The molecule has 0 aliphatic rings. The van der Waals surface area contributed by atoms with Crippen LogP contribution in [0.1, 0.15) is 33.1 Å². The largest absolute Gasteiger partial charge is 0.463 e. The summed E-state index contributed by atoms with van der Waals surface area (Å²) in [4.78, 5) is 12.0. The molecule has 1 N–H and O–H groups in total. The smallest absolute Gasteiger partial charge is 0.271 e. The molecule has 3 aromatic rings. The van der Waals surface area contributed by atoms with Crippen molar-refractivity contribution in [1.82, 2.24) is 15.2 Å². The quantitative estimate of drug-likeness (QED) is 0.580. The lowest BCUT2D eigenvalue weighted by molar-refractivity contribution is 0.0955. The fourth-order valence-electron chi connectivity index (χ4n) is 2.35. The van der Waals surface area contributed by atoms with Crippen molar-refractivity contribution in [3.05, 3.63) is 77.0 Å². The third kappa shape index (κ3) is 3.78. The highest BCUT2D eigenvalue weighted by molar-refractivity contribution is 5.94. The average molecular weight is 322 g/mol. The summed E-state index contributed by atoms with van der Waals surface area (Å²) in [6.45, 7) is 4.68. The van der Waals surface area contributed by atoms with Gasteiger partial charge in [0.25, 0.3) is 5.91 Å². The van der Waals surface area contributed by atoms with Gasteiger partial charge < -0.3 is 4.42 Å². The van der Waals surface area contributed by atoms with Gasteiger partial charge in [0.15, 0.2) is 0 Å². The SMILES string of the molecule is Cc1cc(C)n(Cc2ccc(C(=O)N/N=C\c3ccco3)cc2)n1. The lowest BCUT2D eigenvalue weighted by Crippen LogP contribution is -2.17. The fraction of sp³-hybridized carbons (Fsp3) is 0.167. The van der Waals surface area contributed by atoms with Crippen molar-refractivity contribution in [2.24, 2.45) is 5.10 Å². The average Bonchev–Trinajstić information content (AvgIpc) is 3.18. The number of carbonyl (C=O) groups is 1. The molecule has 24 heavy (non-hydrogen) atoms. The summed E-state index contributed by atoms with van der Waals surface area (Å²) in [5, 5.41) is 8.30. The standard InChI is InChI=1S/C18H18N4O2/c1-13-10-14(2)22(21-13)12-15-5-7-16(8-6-15)18(23)20-19-11-17-4-3-9-24-17/h3-11H,12H2,1-2H3,(H,20,23)/b19-11-. The van der Waals surface area contributed by atoms with E-state index in [9.17, 15) is 4.79 Å². The van der Waals surface area contributed by atoms with Gasteiger partial charge in [-0.3, -0.25) is 9.48 Å². The number of hydrazone groups is 1. The summed E-state index contributed by atoms with van der Waals surface area (Å²) in [6, 6.07) is 12.9. The molecule has 1 amide bonds. The number of nitrogens with zero attached hydrogens (tertiary/aromatic N) is 3. The minimum atomic E-state index is -0.268. The van der Waals surface area contributed by atoms with Crippen molar-refractivity contribution < 1.29 is 9.21 Å². The summed E-state index contributed by atoms with van der Waals surface area (Å²) >= 11 is 0. The lowest BCUT2D eigenvalue weighted by Gasteiger charge is -2.06. The normalized spacial score (nSPS) is 11.1. The molecule has 0 fully saturated rings. The maximum Gasteiger partial charge on any atom is 0.271 e. The van der Waals surface area contributed by atoms with Crippen molar-refractivity contribution in [2.75, 3.05) is 0 Å². The van der Waals surface area contributed by atoms with Gasteiger partial charge in [-0.15, -0.1) is 0 Å². The first-order chi connectivity index (χ1) is 11.6. The van der Waals surface area contributed by atoms with Gasteiger partial charge in [-0.1, -0.05) is 12.1 Å². The molecule has 0 bridgehead atoms. The van der Waals surface area contributed by atoms with Crippen LogP contribution in [0.4, 0.5) is 0 Å². The van der Waals surface area contributed by atoms with Crippen molar-refractivity contribution in [3.63, 3.8) is 0 Å². The minimum absolute atomic E-state index is 0.268. The Bertz CT molecular complexity index is 846. The number of aryl methyl sites for hydroxylation is 2. The number of nitrogens with one attached hydrogen (secondary N) is 1. The van der Waals surface area contributed by atoms with E-state index in [4.69, 9.17) is 4.42 Å². The maximum atomic E-state index is 12.0. The monoisotopic (exact) mass is 322 g/mol. The Kier molecular flexibility index (Phi) is 4.56. The zero-order valence-electron chi connectivity index (χ0n) is 13.6. The lowest BCUT2D eigenvalue weighted by atomic mass is 10.1. The highest BCUT2D eigenvalue weighted by Gasteiger charge is 2.06. The Balaban J connectivity index is 1.61. The van der Waals surface area contributed by atoms with Gasteiger partial charge in [0.1, 0.15) is 5.76 Å². The predicted molar refractivity (Wildman–Crippen MR) is 91.0 cm³/mol. The summed E-state index contributed by atoms with van der Waals surface area (Å²) in [5.41, 5.74) is 6.21. The Morgan fingerprint density at radius 3 is 2.71 bits per heavy atom. The molecule has 0 aliphatic carbocycles. The van der Waals surface area contributed by atoms with Gasteiger partial charge in [0.2, 0.25) is 0 Å². The topological polar surface area (TPSA) is 72.4 Å². The molecule has 0 radical (unpaired) electrons. The molecule has 2 heterocycles. The molecule has 0 spiro atoms. The number of aromatic nitrogens is 2. The summed E-state index contributed by atoms with van der Waals surface area (Å²) in [5.74, 6) is 0.311. The highest BCUT2D eigenvalue weighted by atomic mass is 16.3. The Morgan fingerprint density at radius 1 is 1.29 bits per heavy atom. The van der Waals surface area contributed by atoms with E-state index < -0.39 is 0 Å². The number of carbonyl (C=O) groups excluding carboxylic acids is 1. The second-order valence-corrected chi connectivity index (χ2v) is 5.50. The van der Waals surface area contributed by atoms with Gasteiger partial charge in [-0.05, 0) is 49.7 Å². The molecule has 0 aliphatic heterocycles. The third-order valence-electron chi connectivity index (χ3n) is 3.55. The molecule has 0 atom stereocenters. The molecule has 6 heteroatoms. The van der Waals surface area contributed by atoms with Crippen molar-refractivity contribution in [1.29, 1.82) is 0 Å². The van der Waals surface area contributed by atoms with Crippen LogP contribution >= 0.6 is 0 Å². The van der Waals surface area contributed by atoms with E-state index in [1.165, 1.54) is 6.21 Å². The summed E-state index contributed by atoms with van der Waals surface area (Å²) < 4.78 is 7.04. The molecule has 122 valence electrons. The number of amides is 1. The van der Waals surface area contributed by atoms with Crippen LogP contribution in [0.5, 0.6) is 0 Å². The molecule has 3 rings (SSSR count). The van der Waals surface area contributed by atoms with Gasteiger partial charge in [-0.2, -0.15) is 10.2 Å². The molecule has 6 nitrogen and oxygen atoms in total. The van der Waals surface area contributed by atoms with Gasteiger partial charge >= 0.3 is 0 Å². The van der Waals surface area contributed by atoms with Crippen LogP contribution in [0.15, 0.2) is 58.2 Å². The van der Waals surface area contributed by atoms with Crippen LogP contribution in [0.2, 0.25) is 0 Å². The first-order valence-electron chi connectivity index (χ1n) is 7.59. The molecule has 2 aromatic heterocycles. The fourth-order valence-corrected chi connectivity index (χ4v) is 2.35. The van der Waals surface area contributed by atoms with Crippen LogP contribution in [0, 0.1) is 13.8 Å². The molecular formula is C18H18N4O2. The van der Waals surface area contributed by atoms with Crippen LogP contribution in [0.25, 0.3) is 0 Å². The second kappa shape index (κ2) is 6.95. The first-order valence-corrected chi connectivity index (χ1v) is 7.59.